The van der Waals surface area contributed by atoms with Crippen LogP contribution in [-0.2, 0) is 23.7 Å². The minimum absolute atomic E-state index is 0.0994. The smallest absolute Gasteiger partial charge is 0.338 e. The van der Waals surface area contributed by atoms with Crippen LogP contribution in [0.15, 0.2) is 11.6 Å². The largest absolute Gasteiger partial charge is 0.460 e. The molecule has 3 aliphatic heterocycles. The van der Waals surface area contributed by atoms with Crippen LogP contribution in [0.5, 0.6) is 0 Å². The lowest BCUT2D eigenvalue weighted by Gasteiger charge is -2.71. The van der Waals surface area contributed by atoms with Crippen LogP contribution in [0.4, 0.5) is 0 Å². The van der Waals surface area contributed by atoms with Crippen LogP contribution >= 0.6 is 0 Å². The SMILES string of the molecule is CC1=C[C@H](O[C@@H]2O[C@H](CO)[C@@H](O)[C@H](O)[C@H]2O)[C@@H](O)[C@]2(C)[C@H]3[C@@H](O)[C@H](O)[C@]4(C)OC[C@@]35[C@@H](C[C@@H]12)OC(=O)[C@H](O)[C@]54O. The summed E-state index contributed by atoms with van der Waals surface area (Å²) in [5.41, 5.74) is -6.66. The molecule has 14 heteroatoms. The Morgan fingerprint density at radius 1 is 1.00 bits per heavy atom. The van der Waals surface area contributed by atoms with Crippen molar-refractivity contribution in [3.8, 4) is 0 Å². The van der Waals surface area contributed by atoms with Crippen LogP contribution in [0, 0.1) is 22.7 Å². The number of carbonyl (C=O) groups excluding carboxylic acids is 1. The number of esters is 1. The van der Waals surface area contributed by atoms with Crippen LogP contribution in [0.25, 0.3) is 0 Å². The maximum absolute atomic E-state index is 12.8. The molecule has 6 rings (SSSR count). The Hall–Kier alpha value is -1.27. The molecule has 3 saturated heterocycles. The molecule has 0 amide bonds. The number of fused-ring (bicyclic) bond motifs is 2. The van der Waals surface area contributed by atoms with Gasteiger partial charge < -0.3 is 64.9 Å². The first-order valence-corrected chi connectivity index (χ1v) is 13.6. The highest BCUT2D eigenvalue weighted by Crippen LogP contribution is 2.73. The predicted molar refractivity (Wildman–Crippen MR) is 128 cm³/mol. The van der Waals surface area contributed by atoms with Gasteiger partial charge in [0.1, 0.15) is 53.9 Å². The quantitative estimate of drug-likeness (QED) is 0.114. The van der Waals surface area contributed by atoms with Gasteiger partial charge in [0.2, 0.25) is 0 Å². The fourth-order valence-electron chi connectivity index (χ4n) is 9.15. The molecule has 5 fully saturated rings. The fraction of sp³-hybridized carbons (Fsp3) is 0.885. The number of hydrogen-bond donors (Lipinski definition) is 9. The highest BCUT2D eigenvalue weighted by atomic mass is 16.7. The zero-order valence-electron chi connectivity index (χ0n) is 22.3. The van der Waals surface area contributed by atoms with E-state index in [1.165, 1.54) is 6.92 Å². The molecule has 14 nitrogen and oxygen atoms in total. The molecular weight excluding hydrogens is 536 g/mol. The topological polar surface area (TPSA) is 236 Å². The molecule has 17 atom stereocenters. The van der Waals surface area contributed by atoms with Gasteiger partial charge in [0, 0.05) is 11.3 Å². The van der Waals surface area contributed by atoms with Crippen molar-refractivity contribution < 1.29 is 69.7 Å². The molecule has 40 heavy (non-hydrogen) atoms. The van der Waals surface area contributed by atoms with Gasteiger partial charge in [-0.3, -0.25) is 0 Å². The lowest BCUT2D eigenvalue weighted by Crippen LogP contribution is -2.86. The van der Waals surface area contributed by atoms with Gasteiger partial charge >= 0.3 is 5.97 Å². The van der Waals surface area contributed by atoms with E-state index in [-0.39, 0.29) is 13.0 Å². The number of ether oxygens (including phenoxy) is 4. The van der Waals surface area contributed by atoms with E-state index in [9.17, 15) is 50.8 Å². The van der Waals surface area contributed by atoms with E-state index in [4.69, 9.17) is 18.9 Å². The summed E-state index contributed by atoms with van der Waals surface area (Å²) in [5, 5.41) is 98.5. The van der Waals surface area contributed by atoms with E-state index in [1.807, 2.05) is 0 Å². The molecule has 3 aliphatic carbocycles. The highest BCUT2D eigenvalue weighted by molar-refractivity contribution is 5.79. The van der Waals surface area contributed by atoms with Crippen molar-refractivity contribution in [1.82, 2.24) is 0 Å². The van der Waals surface area contributed by atoms with Crippen molar-refractivity contribution in [2.45, 2.75) is 106 Å². The summed E-state index contributed by atoms with van der Waals surface area (Å²) >= 11 is 0. The molecule has 3 heterocycles. The Labute approximate surface area is 229 Å². The van der Waals surface area contributed by atoms with E-state index < -0.39 is 114 Å². The third kappa shape index (κ3) is 3.06. The van der Waals surface area contributed by atoms with Gasteiger partial charge in [-0.1, -0.05) is 18.6 Å². The van der Waals surface area contributed by atoms with E-state index in [1.54, 1.807) is 19.9 Å². The first-order chi connectivity index (χ1) is 18.6. The Balaban J connectivity index is 1.44. The Morgan fingerprint density at radius 3 is 2.33 bits per heavy atom. The molecule has 0 aromatic carbocycles. The number of carbonyl (C=O) groups is 1. The second-order valence-corrected chi connectivity index (χ2v) is 12.8. The minimum atomic E-state index is -2.38. The first-order valence-electron chi connectivity index (χ1n) is 13.6. The normalized spacial score (nSPS) is 60.9. The zero-order chi connectivity index (χ0) is 29.3. The third-order valence-electron chi connectivity index (χ3n) is 11.2. The summed E-state index contributed by atoms with van der Waals surface area (Å²) in [6.45, 7) is 3.75. The number of rotatable bonds is 3. The number of aliphatic hydroxyl groups excluding tert-OH is 8. The summed E-state index contributed by atoms with van der Waals surface area (Å²) in [6.07, 6.45) is -15.4. The van der Waals surface area contributed by atoms with Gasteiger partial charge in [-0.15, -0.1) is 0 Å². The molecule has 226 valence electrons. The molecule has 0 radical (unpaired) electrons. The summed E-state index contributed by atoms with van der Waals surface area (Å²) in [7, 11) is 0. The van der Waals surface area contributed by atoms with Crippen LogP contribution in [0.3, 0.4) is 0 Å². The van der Waals surface area contributed by atoms with E-state index >= 15 is 0 Å². The Bertz CT molecular complexity index is 1100. The van der Waals surface area contributed by atoms with Gasteiger partial charge in [-0.05, 0) is 26.2 Å². The van der Waals surface area contributed by atoms with Gasteiger partial charge in [-0.25, -0.2) is 4.79 Å². The van der Waals surface area contributed by atoms with Crippen LogP contribution in [0.2, 0.25) is 0 Å². The molecule has 9 N–H and O–H groups in total. The average Bonchev–Trinajstić information content (AvgIpc) is 3.10. The first kappa shape index (κ1) is 28.8. The monoisotopic (exact) mass is 574 g/mol. The van der Waals surface area contributed by atoms with Gasteiger partial charge in [0.25, 0.3) is 0 Å². The van der Waals surface area contributed by atoms with Crippen LogP contribution < -0.4 is 0 Å². The molecule has 0 aromatic rings. The number of allylic oxidation sites excluding steroid dienone is 1. The molecule has 1 spiro atoms. The van der Waals surface area contributed by atoms with Crippen LogP contribution in [0.1, 0.15) is 27.2 Å². The van der Waals surface area contributed by atoms with E-state index in [2.05, 4.69) is 0 Å². The number of aliphatic hydroxyl groups is 9. The van der Waals surface area contributed by atoms with Gasteiger partial charge in [0.15, 0.2) is 12.4 Å². The third-order valence-corrected chi connectivity index (χ3v) is 11.2. The maximum Gasteiger partial charge on any atom is 0.338 e. The highest BCUT2D eigenvalue weighted by Gasteiger charge is 2.88. The second kappa shape index (κ2) is 8.88. The van der Waals surface area contributed by atoms with Gasteiger partial charge in [0.05, 0.1) is 30.8 Å². The summed E-state index contributed by atoms with van der Waals surface area (Å²) < 4.78 is 23.0. The Morgan fingerprint density at radius 2 is 1.68 bits per heavy atom. The average molecular weight is 575 g/mol. The maximum atomic E-state index is 12.8. The van der Waals surface area contributed by atoms with Crippen molar-refractivity contribution in [1.29, 1.82) is 0 Å². The van der Waals surface area contributed by atoms with Crippen molar-refractivity contribution in [2.24, 2.45) is 22.7 Å². The van der Waals surface area contributed by atoms with E-state index in [0.717, 1.165) is 0 Å². The van der Waals surface area contributed by atoms with Crippen molar-refractivity contribution >= 4 is 5.97 Å². The number of hydrogen-bond acceptors (Lipinski definition) is 14. The van der Waals surface area contributed by atoms with Crippen molar-refractivity contribution in [3.05, 3.63) is 11.6 Å². The fourth-order valence-corrected chi connectivity index (χ4v) is 9.15. The molecule has 0 aromatic heterocycles. The minimum Gasteiger partial charge on any atom is -0.460 e. The predicted octanol–water partition coefficient (Wildman–Crippen LogP) is -4.34. The summed E-state index contributed by atoms with van der Waals surface area (Å²) in [5.74, 6) is -2.83. The van der Waals surface area contributed by atoms with Gasteiger partial charge in [-0.2, -0.15) is 0 Å². The van der Waals surface area contributed by atoms with Crippen molar-refractivity contribution in [3.63, 3.8) is 0 Å². The standard InChI is InChI=1S/C26H38O14/c1-8-4-10(38-22-15(30)14(29)13(28)11(6-27)39-22)18(32)23(2)9(8)5-12-25-7-37-24(3,19(33)16(31)17(23)25)26(25,36)20(34)21(35)40-12/h4,9-20,22,27-34,36H,5-7H2,1-3H3/t9-,10-,11+,12+,13+,14-,15+,16+,17+,18+,19-,20-,22+,23-,24-,25+,26+/m0/s1. The molecule has 2 saturated carbocycles. The molecular formula is C26H38O14. The molecule has 0 unspecified atom stereocenters. The van der Waals surface area contributed by atoms with E-state index in [0.29, 0.717) is 5.57 Å². The molecule has 6 aliphatic rings. The lowest BCUT2D eigenvalue weighted by atomic mass is 9.36. The zero-order valence-corrected chi connectivity index (χ0v) is 22.3. The van der Waals surface area contributed by atoms with Crippen LogP contribution in [-0.4, -0.2) is 144 Å². The van der Waals surface area contributed by atoms with Crippen molar-refractivity contribution in [2.75, 3.05) is 13.2 Å². The molecule has 2 bridgehead atoms. The summed E-state index contributed by atoms with van der Waals surface area (Å²) in [6, 6.07) is 0. The second-order valence-electron chi connectivity index (χ2n) is 12.8. The lowest BCUT2D eigenvalue weighted by molar-refractivity contribution is -0.361. The Kier molecular flexibility index (Phi) is 6.40. The summed E-state index contributed by atoms with van der Waals surface area (Å²) in [4.78, 5) is 12.8.